The smallest absolute Gasteiger partial charge is 0.338 e. The molecule has 7 heteroatoms. The lowest BCUT2D eigenvalue weighted by Gasteiger charge is -2.19. The molecule has 3 amide bonds. The quantitative estimate of drug-likeness (QED) is 0.481. The molecule has 2 saturated carbocycles. The van der Waals surface area contributed by atoms with Crippen molar-refractivity contribution in [2.75, 3.05) is 16.8 Å². The van der Waals surface area contributed by atoms with Gasteiger partial charge in [0.25, 0.3) is 5.91 Å². The number of aryl methyl sites for hydroxylation is 2. The Morgan fingerprint density at radius 2 is 1.54 bits per heavy atom. The number of nitrogens with zero attached hydrogens (tertiary/aromatic N) is 1. The van der Waals surface area contributed by atoms with E-state index in [1.165, 1.54) is 11.0 Å². The van der Waals surface area contributed by atoms with Crippen molar-refractivity contribution in [3.05, 3.63) is 59.2 Å². The number of carbonyl (C=O) groups excluding carboxylic acids is 4. The average molecular weight is 475 g/mol. The van der Waals surface area contributed by atoms with E-state index in [9.17, 15) is 19.2 Å². The summed E-state index contributed by atoms with van der Waals surface area (Å²) in [7, 11) is 0. The van der Waals surface area contributed by atoms with E-state index in [1.54, 1.807) is 18.2 Å². The number of carbonyl (C=O) groups is 4. The molecule has 0 radical (unpaired) electrons. The molecule has 0 unspecified atom stereocenters. The van der Waals surface area contributed by atoms with Gasteiger partial charge < -0.3 is 10.1 Å². The van der Waals surface area contributed by atoms with Gasteiger partial charge in [0.1, 0.15) is 0 Å². The van der Waals surface area contributed by atoms with Crippen LogP contribution in [0.15, 0.2) is 42.5 Å². The summed E-state index contributed by atoms with van der Waals surface area (Å²) in [5.74, 6) is -1.26. The van der Waals surface area contributed by atoms with Crippen molar-refractivity contribution in [1.29, 1.82) is 0 Å². The lowest BCUT2D eigenvalue weighted by molar-refractivity contribution is -0.123. The van der Waals surface area contributed by atoms with E-state index in [1.807, 2.05) is 32.0 Å². The number of hydrogen-bond acceptors (Lipinski definition) is 5. The molecule has 3 aliphatic rings. The highest BCUT2D eigenvalue weighted by Crippen LogP contribution is 2.56. The minimum absolute atomic E-state index is 0.154. The van der Waals surface area contributed by atoms with Crippen molar-refractivity contribution in [2.24, 2.45) is 23.7 Å². The summed E-state index contributed by atoms with van der Waals surface area (Å²) < 4.78 is 5.26. The Bertz CT molecular complexity index is 1160. The van der Waals surface area contributed by atoms with Crippen LogP contribution in [-0.2, 0) is 32.0 Å². The summed E-state index contributed by atoms with van der Waals surface area (Å²) in [6.45, 7) is 3.61. The van der Waals surface area contributed by atoms with Gasteiger partial charge in [0.15, 0.2) is 6.61 Å². The van der Waals surface area contributed by atoms with Crippen molar-refractivity contribution >= 4 is 35.1 Å². The maximum absolute atomic E-state index is 13.1. The molecular weight excluding hydrogens is 444 g/mol. The summed E-state index contributed by atoms with van der Waals surface area (Å²) in [6, 6.07) is 12.2. The van der Waals surface area contributed by atoms with E-state index < -0.39 is 18.5 Å². The maximum Gasteiger partial charge on any atom is 0.338 e. The zero-order chi connectivity index (χ0) is 24.7. The third kappa shape index (κ3) is 4.03. The summed E-state index contributed by atoms with van der Waals surface area (Å²) in [5, 5.41) is 2.88. The second-order valence-corrected chi connectivity index (χ2v) is 9.73. The fourth-order valence-corrected chi connectivity index (χ4v) is 6.23. The van der Waals surface area contributed by atoms with Crippen molar-refractivity contribution in [3.63, 3.8) is 0 Å². The third-order valence-corrected chi connectivity index (χ3v) is 7.87. The van der Waals surface area contributed by atoms with E-state index in [-0.39, 0.29) is 29.2 Å². The zero-order valence-electron chi connectivity index (χ0n) is 20.1. The predicted molar refractivity (Wildman–Crippen MR) is 131 cm³/mol. The van der Waals surface area contributed by atoms with Gasteiger partial charge in [-0.25, -0.2) is 4.79 Å². The molecule has 4 atom stereocenters. The number of para-hydroxylation sites is 1. The molecule has 182 valence electrons. The topological polar surface area (TPSA) is 92.8 Å². The predicted octanol–water partition coefficient (Wildman–Crippen LogP) is 4.14. The fraction of sp³-hybridized carbons (Fsp3) is 0.429. The lowest BCUT2D eigenvalue weighted by Crippen LogP contribution is -2.32. The van der Waals surface area contributed by atoms with Crippen molar-refractivity contribution in [3.8, 4) is 0 Å². The summed E-state index contributed by atoms with van der Waals surface area (Å²) >= 11 is 0. The molecule has 1 N–H and O–H groups in total. The first-order chi connectivity index (χ1) is 16.9. The van der Waals surface area contributed by atoms with Gasteiger partial charge in [-0.3, -0.25) is 19.3 Å². The monoisotopic (exact) mass is 474 g/mol. The van der Waals surface area contributed by atoms with E-state index >= 15 is 0 Å². The number of fused-ring (bicyclic) bond motifs is 5. The molecule has 1 heterocycles. The molecule has 1 aliphatic heterocycles. The molecule has 1 saturated heterocycles. The summed E-state index contributed by atoms with van der Waals surface area (Å²) in [4.78, 5) is 52.7. The maximum atomic E-state index is 13.1. The largest absolute Gasteiger partial charge is 0.452 e. The molecule has 3 fully saturated rings. The lowest BCUT2D eigenvalue weighted by atomic mass is 9.81. The van der Waals surface area contributed by atoms with Crippen LogP contribution in [-0.4, -0.2) is 30.3 Å². The van der Waals surface area contributed by atoms with Crippen molar-refractivity contribution < 1.29 is 23.9 Å². The number of rotatable bonds is 7. The minimum atomic E-state index is -0.680. The van der Waals surface area contributed by atoms with Gasteiger partial charge in [0.2, 0.25) is 11.8 Å². The number of anilines is 2. The van der Waals surface area contributed by atoms with E-state index in [4.69, 9.17) is 4.74 Å². The molecule has 2 bridgehead atoms. The highest BCUT2D eigenvalue weighted by molar-refractivity contribution is 6.22. The molecule has 0 spiro atoms. The minimum Gasteiger partial charge on any atom is -0.452 e. The van der Waals surface area contributed by atoms with Gasteiger partial charge in [-0.2, -0.15) is 0 Å². The van der Waals surface area contributed by atoms with Crippen LogP contribution in [0, 0.1) is 23.7 Å². The second-order valence-electron chi connectivity index (χ2n) is 9.73. The van der Waals surface area contributed by atoms with Gasteiger partial charge >= 0.3 is 5.97 Å². The van der Waals surface area contributed by atoms with Crippen LogP contribution in [0.2, 0.25) is 0 Å². The molecule has 2 aromatic carbocycles. The highest BCUT2D eigenvalue weighted by atomic mass is 16.5. The number of benzene rings is 2. The number of imide groups is 1. The van der Waals surface area contributed by atoms with Gasteiger partial charge in [0.05, 0.1) is 23.1 Å². The van der Waals surface area contributed by atoms with Crippen LogP contribution < -0.4 is 10.2 Å². The third-order valence-electron chi connectivity index (χ3n) is 7.87. The number of ether oxygens (including phenoxy) is 1. The fourth-order valence-electron chi connectivity index (χ4n) is 6.23. The Morgan fingerprint density at radius 3 is 2.14 bits per heavy atom. The number of amides is 3. The van der Waals surface area contributed by atoms with Crippen LogP contribution in [0.4, 0.5) is 11.4 Å². The van der Waals surface area contributed by atoms with E-state index in [0.29, 0.717) is 17.5 Å². The van der Waals surface area contributed by atoms with E-state index in [0.717, 1.165) is 48.9 Å². The first-order valence-electron chi connectivity index (χ1n) is 12.5. The molecule has 2 aromatic rings. The van der Waals surface area contributed by atoms with Crippen LogP contribution in [0.1, 0.15) is 54.6 Å². The SMILES string of the molecule is CCc1cccc(CC)c1NC(=O)COC(=O)c1cccc(N2C(=O)[C@@H]3[C@H]4CC[C@@H](C4)[C@H]3C2=O)c1. The van der Waals surface area contributed by atoms with Crippen LogP contribution in [0.5, 0.6) is 0 Å². The molecule has 7 nitrogen and oxygen atoms in total. The molecule has 2 aliphatic carbocycles. The van der Waals surface area contributed by atoms with Crippen LogP contribution in [0.3, 0.4) is 0 Å². The standard InChI is InChI=1S/C28H30N2O5/c1-3-16-7-5-8-17(4-2)25(16)29-22(31)15-35-28(34)20-9-6-10-21(14-20)30-26(32)23-18-11-12-19(13-18)24(23)27(30)33/h5-10,14,18-19,23-24H,3-4,11-13,15H2,1-2H3,(H,29,31)/t18-,19-,23+,24+/m0/s1. The first-order valence-corrected chi connectivity index (χ1v) is 12.5. The molecular formula is C28H30N2O5. The summed E-state index contributed by atoms with van der Waals surface area (Å²) in [6.07, 6.45) is 4.53. The Hall–Kier alpha value is -3.48. The zero-order valence-corrected chi connectivity index (χ0v) is 20.1. The average Bonchev–Trinajstić information content (AvgIpc) is 3.56. The van der Waals surface area contributed by atoms with Crippen LogP contribution in [0.25, 0.3) is 0 Å². The number of esters is 1. The van der Waals surface area contributed by atoms with Gasteiger partial charge in [-0.15, -0.1) is 0 Å². The molecule has 35 heavy (non-hydrogen) atoms. The van der Waals surface area contributed by atoms with Gasteiger partial charge in [-0.05, 0) is 73.3 Å². The van der Waals surface area contributed by atoms with Crippen molar-refractivity contribution in [1.82, 2.24) is 0 Å². The molecule has 0 aromatic heterocycles. The Morgan fingerprint density at radius 1 is 0.943 bits per heavy atom. The van der Waals surface area contributed by atoms with Gasteiger partial charge in [0, 0.05) is 5.69 Å². The second kappa shape index (κ2) is 9.29. The highest BCUT2D eigenvalue weighted by Gasteiger charge is 2.61. The van der Waals surface area contributed by atoms with Gasteiger partial charge in [-0.1, -0.05) is 38.1 Å². The van der Waals surface area contributed by atoms with Crippen molar-refractivity contribution in [2.45, 2.75) is 46.0 Å². The Kier molecular flexibility index (Phi) is 6.17. The normalized spacial score (nSPS) is 24.6. The molecule has 5 rings (SSSR count). The van der Waals surface area contributed by atoms with E-state index in [2.05, 4.69) is 5.32 Å². The first kappa shape index (κ1) is 23.3. The number of hydrogen-bond donors (Lipinski definition) is 1. The van der Waals surface area contributed by atoms with Crippen LogP contribution >= 0.6 is 0 Å². The Balaban J connectivity index is 1.25. The number of nitrogens with one attached hydrogen (secondary N) is 1. The Labute approximate surface area is 204 Å². The summed E-state index contributed by atoms with van der Waals surface area (Å²) in [5.41, 5.74) is 3.40.